The van der Waals surface area contributed by atoms with Crippen molar-refractivity contribution < 1.29 is 5.11 Å². The van der Waals surface area contributed by atoms with Crippen LogP contribution in [0.25, 0.3) is 0 Å². The average Bonchev–Trinajstić information content (AvgIpc) is 2.02. The molecule has 1 aliphatic carbocycles. The minimum Gasteiger partial charge on any atom is -0.396 e. The lowest BCUT2D eigenvalue weighted by molar-refractivity contribution is 0.209. The molecular formula is C10H21NO. The summed E-state index contributed by atoms with van der Waals surface area (Å²) in [6.45, 7) is 6.94. The second-order valence-electron chi connectivity index (χ2n) is 5.15. The average molecular weight is 171 g/mol. The smallest absolute Gasteiger partial charge is 0.0448 e. The summed E-state index contributed by atoms with van der Waals surface area (Å²) in [5.41, 5.74) is 6.48. The summed E-state index contributed by atoms with van der Waals surface area (Å²) in [5.74, 6) is 0.541. The Morgan fingerprint density at radius 1 is 1.50 bits per heavy atom. The predicted octanol–water partition coefficient (Wildman–Crippen LogP) is 1.52. The number of hydrogen-bond acceptors (Lipinski definition) is 2. The molecular weight excluding hydrogens is 150 g/mol. The Hall–Kier alpha value is -0.0800. The topological polar surface area (TPSA) is 46.2 Å². The van der Waals surface area contributed by atoms with Crippen LogP contribution in [-0.4, -0.2) is 17.3 Å². The minimum atomic E-state index is -0.113. The van der Waals surface area contributed by atoms with Crippen molar-refractivity contribution in [3.05, 3.63) is 0 Å². The van der Waals surface area contributed by atoms with Crippen molar-refractivity contribution in [3.8, 4) is 0 Å². The maximum Gasteiger partial charge on any atom is 0.0448 e. The van der Waals surface area contributed by atoms with Gasteiger partial charge in [0.25, 0.3) is 0 Å². The van der Waals surface area contributed by atoms with Crippen molar-refractivity contribution in [2.75, 3.05) is 6.61 Å². The fraction of sp³-hybridized carbons (Fsp3) is 1.00. The molecule has 0 saturated heterocycles. The van der Waals surface area contributed by atoms with Crippen LogP contribution in [0, 0.1) is 11.3 Å². The third-order valence-electron chi connectivity index (χ3n) is 3.23. The first-order chi connectivity index (χ1) is 5.40. The Morgan fingerprint density at radius 3 is 2.42 bits per heavy atom. The van der Waals surface area contributed by atoms with Crippen LogP contribution < -0.4 is 5.73 Å². The van der Waals surface area contributed by atoms with E-state index in [1.165, 1.54) is 6.42 Å². The van der Waals surface area contributed by atoms with Crippen molar-refractivity contribution >= 4 is 0 Å². The molecule has 12 heavy (non-hydrogen) atoms. The van der Waals surface area contributed by atoms with Crippen molar-refractivity contribution in [1.29, 1.82) is 0 Å². The van der Waals surface area contributed by atoms with Gasteiger partial charge in [0, 0.05) is 12.1 Å². The summed E-state index contributed by atoms with van der Waals surface area (Å²) < 4.78 is 0. The van der Waals surface area contributed by atoms with Gasteiger partial charge in [-0.15, -0.1) is 0 Å². The molecule has 1 rings (SSSR count). The van der Waals surface area contributed by atoms with Gasteiger partial charge in [-0.3, -0.25) is 0 Å². The molecule has 0 aliphatic heterocycles. The number of aliphatic hydroxyl groups is 1. The van der Waals surface area contributed by atoms with Gasteiger partial charge in [-0.05, 0) is 30.6 Å². The minimum absolute atomic E-state index is 0.113. The molecule has 0 spiro atoms. The molecule has 0 bridgehead atoms. The molecule has 0 amide bonds. The Balaban J connectivity index is 2.67. The first-order valence-electron chi connectivity index (χ1n) is 4.79. The summed E-state index contributed by atoms with van der Waals surface area (Å²) in [6, 6.07) is 0. The summed E-state index contributed by atoms with van der Waals surface area (Å²) >= 11 is 0. The monoisotopic (exact) mass is 171 g/mol. The van der Waals surface area contributed by atoms with Crippen LogP contribution in [0.5, 0.6) is 0 Å². The van der Waals surface area contributed by atoms with Crippen LogP contribution in [0.4, 0.5) is 0 Å². The highest BCUT2D eigenvalue weighted by Crippen LogP contribution is 2.47. The Morgan fingerprint density at radius 2 is 2.08 bits per heavy atom. The molecule has 2 nitrogen and oxygen atoms in total. The molecule has 2 heteroatoms. The van der Waals surface area contributed by atoms with Gasteiger partial charge in [-0.1, -0.05) is 20.8 Å². The van der Waals surface area contributed by atoms with E-state index in [4.69, 9.17) is 10.8 Å². The van der Waals surface area contributed by atoms with Crippen LogP contribution in [0.15, 0.2) is 0 Å². The molecule has 0 aromatic heterocycles. The van der Waals surface area contributed by atoms with Crippen molar-refractivity contribution in [1.82, 2.24) is 0 Å². The Bertz CT molecular complexity index is 167. The zero-order valence-electron chi connectivity index (χ0n) is 8.43. The van der Waals surface area contributed by atoms with Gasteiger partial charge >= 0.3 is 0 Å². The zero-order valence-corrected chi connectivity index (χ0v) is 8.43. The van der Waals surface area contributed by atoms with Crippen LogP contribution >= 0.6 is 0 Å². The molecule has 2 unspecified atom stereocenters. The first-order valence-corrected chi connectivity index (χ1v) is 4.79. The second-order valence-corrected chi connectivity index (χ2v) is 5.15. The van der Waals surface area contributed by atoms with E-state index < -0.39 is 0 Å². The summed E-state index contributed by atoms with van der Waals surface area (Å²) in [6.07, 6.45) is 2.98. The lowest BCUT2D eigenvalue weighted by atomic mass is 9.85. The van der Waals surface area contributed by atoms with Crippen LogP contribution in [0.2, 0.25) is 0 Å². The molecule has 72 valence electrons. The van der Waals surface area contributed by atoms with E-state index in [1.54, 1.807) is 0 Å². The van der Waals surface area contributed by atoms with E-state index >= 15 is 0 Å². The molecule has 0 aromatic rings. The summed E-state index contributed by atoms with van der Waals surface area (Å²) in [7, 11) is 0. The fourth-order valence-electron chi connectivity index (χ4n) is 2.71. The molecule has 2 atom stereocenters. The van der Waals surface area contributed by atoms with Gasteiger partial charge in [0.15, 0.2) is 0 Å². The normalized spacial score (nSPS) is 40.2. The molecule has 0 radical (unpaired) electrons. The maximum atomic E-state index is 8.90. The lowest BCUT2D eigenvalue weighted by Crippen LogP contribution is -2.43. The van der Waals surface area contributed by atoms with E-state index in [9.17, 15) is 0 Å². The summed E-state index contributed by atoms with van der Waals surface area (Å²) in [4.78, 5) is 0. The third-order valence-corrected chi connectivity index (χ3v) is 3.23. The van der Waals surface area contributed by atoms with E-state index in [-0.39, 0.29) is 12.1 Å². The van der Waals surface area contributed by atoms with Gasteiger partial charge in [-0.25, -0.2) is 0 Å². The molecule has 0 aromatic carbocycles. The van der Waals surface area contributed by atoms with Crippen molar-refractivity contribution in [2.24, 2.45) is 17.1 Å². The van der Waals surface area contributed by atoms with Crippen molar-refractivity contribution in [2.45, 2.75) is 45.6 Å². The van der Waals surface area contributed by atoms with E-state index in [1.807, 2.05) is 0 Å². The largest absolute Gasteiger partial charge is 0.396 e. The van der Waals surface area contributed by atoms with Crippen LogP contribution in [0.3, 0.4) is 0 Å². The highest BCUT2D eigenvalue weighted by Gasteiger charge is 2.45. The third kappa shape index (κ3) is 1.80. The fourth-order valence-corrected chi connectivity index (χ4v) is 2.71. The standard InChI is InChI=1S/C10H21NO/c1-8-6-9(2,3)7-10(8,11)4-5-12/h8,12H,4-7,11H2,1-3H3. The van der Waals surface area contributed by atoms with Gasteiger partial charge in [0.2, 0.25) is 0 Å². The van der Waals surface area contributed by atoms with Crippen molar-refractivity contribution in [3.63, 3.8) is 0 Å². The molecule has 1 aliphatic rings. The first kappa shape index (κ1) is 10.0. The SMILES string of the molecule is CC1CC(C)(C)CC1(N)CCO. The number of aliphatic hydroxyl groups excluding tert-OH is 1. The van der Waals surface area contributed by atoms with Gasteiger partial charge in [0.05, 0.1) is 0 Å². The predicted molar refractivity (Wildman–Crippen MR) is 50.8 cm³/mol. The lowest BCUT2D eigenvalue weighted by Gasteiger charge is -2.29. The molecule has 0 heterocycles. The Kier molecular flexibility index (Phi) is 2.50. The molecule has 1 saturated carbocycles. The number of nitrogens with two attached hydrogens (primary N) is 1. The summed E-state index contributed by atoms with van der Waals surface area (Å²) in [5, 5.41) is 8.90. The second kappa shape index (κ2) is 3.00. The zero-order chi connectivity index (χ0) is 9.41. The van der Waals surface area contributed by atoms with E-state index in [0.29, 0.717) is 11.3 Å². The van der Waals surface area contributed by atoms with Gasteiger partial charge < -0.3 is 10.8 Å². The number of hydrogen-bond donors (Lipinski definition) is 2. The van der Waals surface area contributed by atoms with E-state index in [2.05, 4.69) is 20.8 Å². The highest BCUT2D eigenvalue weighted by molar-refractivity contribution is 5.01. The molecule has 3 N–H and O–H groups in total. The highest BCUT2D eigenvalue weighted by atomic mass is 16.3. The molecule has 1 fully saturated rings. The van der Waals surface area contributed by atoms with Crippen LogP contribution in [-0.2, 0) is 0 Å². The Labute approximate surface area is 75.2 Å². The quantitative estimate of drug-likeness (QED) is 0.661. The van der Waals surface area contributed by atoms with Crippen LogP contribution in [0.1, 0.15) is 40.0 Å². The van der Waals surface area contributed by atoms with E-state index in [0.717, 1.165) is 12.8 Å². The maximum absolute atomic E-state index is 8.90. The van der Waals surface area contributed by atoms with Gasteiger partial charge in [-0.2, -0.15) is 0 Å². The van der Waals surface area contributed by atoms with Gasteiger partial charge in [0.1, 0.15) is 0 Å². The number of rotatable bonds is 2.